The summed E-state index contributed by atoms with van der Waals surface area (Å²) in [5, 5.41) is 10.8. The summed E-state index contributed by atoms with van der Waals surface area (Å²) in [6.07, 6.45) is 1.24. The monoisotopic (exact) mass is 461 g/mol. The van der Waals surface area contributed by atoms with E-state index >= 15 is 0 Å². The summed E-state index contributed by atoms with van der Waals surface area (Å²) in [4.78, 5) is 16.0. The molecule has 0 saturated heterocycles. The van der Waals surface area contributed by atoms with E-state index in [2.05, 4.69) is 27.1 Å². The largest absolute Gasteiger partial charge is 0.439 e. The number of hydrogen-bond acceptors (Lipinski definition) is 5. The Balaban J connectivity index is 1.55. The first-order valence-electron chi connectivity index (χ1n) is 11.0. The molecule has 0 saturated carbocycles. The molecule has 2 aromatic heterocycles. The van der Waals surface area contributed by atoms with Gasteiger partial charge in [0.05, 0.1) is 10.9 Å². The molecule has 172 valence electrons. The molecule has 0 radical (unpaired) electrons. The predicted octanol–water partition coefficient (Wildman–Crippen LogP) is 6.10. The van der Waals surface area contributed by atoms with Crippen LogP contribution in [0.4, 0.5) is 11.5 Å². The molecule has 0 aliphatic heterocycles. The first-order chi connectivity index (χ1) is 17.0. The second-order valence-electron chi connectivity index (χ2n) is 8.03. The number of nitrogen functional groups attached to an aromatic ring is 1. The number of nitrogens with one attached hydrogen (secondary N) is 2. The van der Waals surface area contributed by atoms with Crippen molar-refractivity contribution >= 4 is 28.3 Å². The van der Waals surface area contributed by atoms with Crippen molar-refractivity contribution in [2.75, 3.05) is 11.1 Å². The highest BCUT2D eigenvalue weighted by Gasteiger charge is 2.16. The van der Waals surface area contributed by atoms with Gasteiger partial charge >= 0.3 is 0 Å². The SMILES string of the molecule is C=CC(=O)Nc1ccc(-c2ccc3[nH]nc(N)c3c2-c2ccc(Oc3cccc(C)n3)cc2)cc1. The van der Waals surface area contributed by atoms with Crippen molar-refractivity contribution in [3.63, 3.8) is 0 Å². The molecule has 5 rings (SSSR count). The van der Waals surface area contributed by atoms with E-state index in [-0.39, 0.29) is 5.91 Å². The van der Waals surface area contributed by atoms with Crippen LogP contribution < -0.4 is 15.8 Å². The molecule has 4 N–H and O–H groups in total. The molecule has 0 aliphatic rings. The molecular weight excluding hydrogens is 438 g/mol. The number of nitrogens with zero attached hydrogens (tertiary/aromatic N) is 2. The fourth-order valence-corrected chi connectivity index (χ4v) is 3.99. The van der Waals surface area contributed by atoms with Gasteiger partial charge in [-0.15, -0.1) is 0 Å². The van der Waals surface area contributed by atoms with Crippen LogP contribution in [0, 0.1) is 6.92 Å². The third-order valence-electron chi connectivity index (χ3n) is 5.64. The molecule has 3 aromatic carbocycles. The van der Waals surface area contributed by atoms with Crippen LogP contribution in [0.5, 0.6) is 11.6 Å². The average Bonchev–Trinajstić information content (AvgIpc) is 3.25. The number of aromatic nitrogens is 3. The first-order valence-corrected chi connectivity index (χ1v) is 11.0. The Morgan fingerprint density at radius 1 is 1.00 bits per heavy atom. The molecule has 1 amide bonds. The van der Waals surface area contributed by atoms with Crippen LogP contribution in [0.15, 0.2) is 91.5 Å². The van der Waals surface area contributed by atoms with Crippen LogP contribution in [-0.4, -0.2) is 21.1 Å². The van der Waals surface area contributed by atoms with E-state index in [0.29, 0.717) is 23.1 Å². The van der Waals surface area contributed by atoms with E-state index in [9.17, 15) is 4.79 Å². The summed E-state index contributed by atoms with van der Waals surface area (Å²) in [5.74, 6) is 1.40. The van der Waals surface area contributed by atoms with Crippen molar-refractivity contribution in [2.24, 2.45) is 0 Å². The minimum atomic E-state index is -0.255. The van der Waals surface area contributed by atoms with E-state index in [0.717, 1.165) is 38.9 Å². The Hall–Kier alpha value is -4.91. The zero-order valence-corrected chi connectivity index (χ0v) is 19.1. The number of benzene rings is 3. The van der Waals surface area contributed by atoms with E-state index < -0.39 is 0 Å². The van der Waals surface area contributed by atoms with Crippen LogP contribution >= 0.6 is 0 Å². The van der Waals surface area contributed by atoms with Crippen LogP contribution in [0.2, 0.25) is 0 Å². The molecule has 0 aliphatic carbocycles. The maximum absolute atomic E-state index is 11.6. The minimum Gasteiger partial charge on any atom is -0.439 e. The van der Waals surface area contributed by atoms with Gasteiger partial charge in [-0.2, -0.15) is 5.10 Å². The highest BCUT2D eigenvalue weighted by molar-refractivity contribution is 6.08. The number of aromatic amines is 1. The number of anilines is 2. The average molecular weight is 462 g/mol. The fourth-order valence-electron chi connectivity index (χ4n) is 3.99. The standard InChI is InChI=1S/C28H23N5O2/c1-3-24(34)31-20-11-7-18(8-12-20)22-15-16-23-27(28(29)33-32-23)26(22)19-9-13-21(14-10-19)35-25-6-4-5-17(2)30-25/h3-16H,1H2,2H3,(H,31,34)(H3,29,32,33). The number of ether oxygens (including phenoxy) is 1. The number of hydrogen-bond donors (Lipinski definition) is 3. The van der Waals surface area contributed by atoms with E-state index in [1.807, 2.05) is 85.8 Å². The van der Waals surface area contributed by atoms with Crippen LogP contribution in [0.1, 0.15) is 5.69 Å². The van der Waals surface area contributed by atoms with E-state index in [4.69, 9.17) is 10.5 Å². The summed E-state index contributed by atoms with van der Waals surface area (Å²) in [5.41, 5.74) is 12.6. The van der Waals surface area contributed by atoms with Crippen molar-refractivity contribution in [2.45, 2.75) is 6.92 Å². The molecular formula is C28H23N5O2. The normalized spacial score (nSPS) is 10.8. The molecule has 7 heteroatoms. The molecule has 7 nitrogen and oxygen atoms in total. The molecule has 0 spiro atoms. The molecule has 0 fully saturated rings. The number of carbonyl (C=O) groups excluding carboxylic acids is 1. The number of rotatable bonds is 6. The predicted molar refractivity (Wildman–Crippen MR) is 139 cm³/mol. The van der Waals surface area contributed by atoms with Gasteiger partial charge in [-0.1, -0.05) is 43.0 Å². The minimum absolute atomic E-state index is 0.255. The highest BCUT2D eigenvalue weighted by Crippen LogP contribution is 2.40. The van der Waals surface area contributed by atoms with Gasteiger partial charge in [0.15, 0.2) is 5.82 Å². The van der Waals surface area contributed by atoms with Gasteiger partial charge in [0.2, 0.25) is 11.8 Å². The number of pyridine rings is 1. The number of H-pyrrole nitrogens is 1. The van der Waals surface area contributed by atoms with Gasteiger partial charge in [-0.25, -0.2) is 4.98 Å². The number of aryl methyl sites for hydroxylation is 1. The molecule has 2 heterocycles. The molecule has 5 aromatic rings. The maximum Gasteiger partial charge on any atom is 0.247 e. The summed E-state index contributed by atoms with van der Waals surface area (Å²) >= 11 is 0. The van der Waals surface area contributed by atoms with E-state index in [1.165, 1.54) is 6.08 Å². The third-order valence-corrected chi connectivity index (χ3v) is 5.64. The Kier molecular flexibility index (Phi) is 5.73. The Morgan fingerprint density at radius 3 is 2.46 bits per heavy atom. The number of fused-ring (bicyclic) bond motifs is 1. The maximum atomic E-state index is 11.6. The summed E-state index contributed by atoms with van der Waals surface area (Å²) in [6, 6.07) is 25.1. The van der Waals surface area contributed by atoms with Crippen molar-refractivity contribution < 1.29 is 9.53 Å². The zero-order valence-electron chi connectivity index (χ0n) is 19.1. The van der Waals surface area contributed by atoms with Crippen LogP contribution in [0.25, 0.3) is 33.2 Å². The van der Waals surface area contributed by atoms with Gasteiger partial charge in [0.1, 0.15) is 5.75 Å². The number of carbonyl (C=O) groups is 1. The highest BCUT2D eigenvalue weighted by atomic mass is 16.5. The smallest absolute Gasteiger partial charge is 0.247 e. The summed E-state index contributed by atoms with van der Waals surface area (Å²) < 4.78 is 5.92. The molecule has 0 bridgehead atoms. The molecule has 35 heavy (non-hydrogen) atoms. The second kappa shape index (κ2) is 9.15. The van der Waals surface area contributed by atoms with Gasteiger partial charge in [0, 0.05) is 23.0 Å². The van der Waals surface area contributed by atoms with Gasteiger partial charge < -0.3 is 15.8 Å². The lowest BCUT2D eigenvalue weighted by atomic mass is 9.91. The Morgan fingerprint density at radius 2 is 1.74 bits per heavy atom. The molecule has 0 atom stereocenters. The summed E-state index contributed by atoms with van der Waals surface area (Å²) in [6.45, 7) is 5.41. The van der Waals surface area contributed by atoms with Crippen molar-refractivity contribution in [1.29, 1.82) is 0 Å². The van der Waals surface area contributed by atoms with Crippen molar-refractivity contribution in [3.8, 4) is 33.9 Å². The Bertz CT molecular complexity index is 1540. The van der Waals surface area contributed by atoms with Crippen molar-refractivity contribution in [3.05, 3.63) is 97.2 Å². The topological polar surface area (TPSA) is 106 Å². The van der Waals surface area contributed by atoms with Gasteiger partial charge in [-0.3, -0.25) is 9.89 Å². The lowest BCUT2D eigenvalue weighted by molar-refractivity contribution is -0.111. The number of amides is 1. The second-order valence-corrected chi connectivity index (χ2v) is 8.03. The zero-order chi connectivity index (χ0) is 24.4. The lowest BCUT2D eigenvalue weighted by Crippen LogP contribution is -2.06. The van der Waals surface area contributed by atoms with E-state index in [1.54, 1.807) is 0 Å². The van der Waals surface area contributed by atoms with Gasteiger partial charge in [0.25, 0.3) is 0 Å². The number of nitrogens with two attached hydrogens (primary N) is 1. The first kappa shape index (κ1) is 21.9. The summed E-state index contributed by atoms with van der Waals surface area (Å²) in [7, 11) is 0. The third kappa shape index (κ3) is 4.47. The quantitative estimate of drug-likeness (QED) is 0.265. The van der Waals surface area contributed by atoms with Gasteiger partial charge in [-0.05, 0) is 66.1 Å². The van der Waals surface area contributed by atoms with Crippen LogP contribution in [-0.2, 0) is 4.79 Å². The van der Waals surface area contributed by atoms with Crippen LogP contribution in [0.3, 0.4) is 0 Å². The fraction of sp³-hybridized carbons (Fsp3) is 0.0357. The molecule has 0 unspecified atom stereocenters. The van der Waals surface area contributed by atoms with Crippen molar-refractivity contribution in [1.82, 2.24) is 15.2 Å². The Labute approximate surface area is 202 Å². The lowest BCUT2D eigenvalue weighted by Gasteiger charge is -2.14.